The number of aliphatic hydroxyl groups excluding tert-OH is 2. The third kappa shape index (κ3) is 5.90. The zero-order valence-corrected chi connectivity index (χ0v) is 21.3. The van der Waals surface area contributed by atoms with E-state index in [4.69, 9.17) is 9.47 Å². The Hall–Kier alpha value is -2.07. The molecule has 1 aliphatic rings. The fourth-order valence-corrected chi connectivity index (χ4v) is 5.45. The summed E-state index contributed by atoms with van der Waals surface area (Å²) in [4.78, 5) is 4.90. The molecule has 9 nitrogen and oxygen atoms in total. The first-order valence-electron chi connectivity index (χ1n) is 10.9. The quantitative estimate of drug-likeness (QED) is 0.256. The predicted octanol–water partition coefficient (Wildman–Crippen LogP) is 2.54. The van der Waals surface area contributed by atoms with Crippen LogP contribution in [-0.4, -0.2) is 80.7 Å². The molecule has 0 bridgehead atoms. The number of benzene rings is 1. The minimum absolute atomic E-state index is 0.0308. The third-order valence-electron chi connectivity index (χ3n) is 5.51. The van der Waals surface area contributed by atoms with Crippen LogP contribution in [0.4, 0.5) is 13.2 Å². The van der Waals surface area contributed by atoms with Crippen LogP contribution in [0.15, 0.2) is 46.2 Å². The van der Waals surface area contributed by atoms with E-state index in [-0.39, 0.29) is 17.9 Å². The summed E-state index contributed by atoms with van der Waals surface area (Å²) in [5.41, 5.74) is -0.671. The van der Waals surface area contributed by atoms with Crippen LogP contribution >= 0.6 is 27.7 Å². The van der Waals surface area contributed by atoms with E-state index in [0.29, 0.717) is 6.54 Å². The first-order valence-corrected chi connectivity index (χ1v) is 12.5. The Morgan fingerprint density at radius 2 is 1.97 bits per heavy atom. The fraction of sp³-hybridized carbons (Fsp3) is 0.409. The highest BCUT2D eigenvalue weighted by Crippen LogP contribution is 2.40. The molecule has 194 valence electrons. The Labute approximate surface area is 217 Å². The van der Waals surface area contributed by atoms with E-state index in [1.54, 1.807) is 19.4 Å². The molecule has 36 heavy (non-hydrogen) atoms. The van der Waals surface area contributed by atoms with Crippen molar-refractivity contribution >= 4 is 27.7 Å². The number of halogens is 4. The maximum absolute atomic E-state index is 13.8. The Kier molecular flexibility index (Phi) is 8.98. The van der Waals surface area contributed by atoms with Crippen LogP contribution in [0.5, 0.6) is 0 Å². The van der Waals surface area contributed by atoms with Gasteiger partial charge in [0.15, 0.2) is 17.5 Å². The largest absolute Gasteiger partial charge is 0.394 e. The molecule has 0 saturated carbocycles. The first kappa shape index (κ1) is 27.0. The van der Waals surface area contributed by atoms with Crippen molar-refractivity contribution in [1.82, 2.24) is 25.3 Å². The van der Waals surface area contributed by atoms with Crippen LogP contribution in [0.2, 0.25) is 0 Å². The Bertz CT molecular complexity index is 1170. The maximum atomic E-state index is 13.8. The van der Waals surface area contributed by atoms with Gasteiger partial charge in [0.05, 0.1) is 19.4 Å². The van der Waals surface area contributed by atoms with Crippen LogP contribution in [0.1, 0.15) is 6.04 Å². The Morgan fingerprint density at radius 3 is 2.64 bits per heavy atom. The van der Waals surface area contributed by atoms with Crippen molar-refractivity contribution in [3.8, 4) is 11.3 Å². The second kappa shape index (κ2) is 12.0. The number of hydrogen-bond donors (Lipinski definition) is 3. The van der Waals surface area contributed by atoms with Gasteiger partial charge < -0.3 is 25.0 Å². The minimum Gasteiger partial charge on any atom is -0.394 e. The summed E-state index contributed by atoms with van der Waals surface area (Å²) in [6.07, 6.45) is 1.62. The van der Waals surface area contributed by atoms with E-state index in [0.717, 1.165) is 21.5 Å². The van der Waals surface area contributed by atoms with E-state index in [2.05, 4.69) is 36.5 Å². The number of pyridine rings is 1. The van der Waals surface area contributed by atoms with Gasteiger partial charge in [-0.25, -0.2) is 17.9 Å². The second-order valence-corrected chi connectivity index (χ2v) is 10.0. The molecule has 1 aromatic carbocycles. The average molecular weight is 590 g/mol. The fourth-order valence-electron chi connectivity index (χ4n) is 3.78. The predicted molar refractivity (Wildman–Crippen MR) is 128 cm³/mol. The number of nitrogens with one attached hydrogen (secondary N) is 1. The summed E-state index contributed by atoms with van der Waals surface area (Å²) in [6, 6.07) is 2.57. The van der Waals surface area contributed by atoms with Gasteiger partial charge in [0.1, 0.15) is 35.5 Å². The molecule has 3 N–H and O–H groups in total. The SMILES string of the molecule is CNCCO[C@H]1C(n2cc(-c3cc(F)c(F)c(F)c3)nn2)[C@@H](O)C(CO)O[C@@H]1Sc1cncc(Br)c1. The lowest BCUT2D eigenvalue weighted by Crippen LogP contribution is -2.56. The van der Waals surface area contributed by atoms with Crippen LogP contribution in [0, 0.1) is 17.5 Å². The first-order chi connectivity index (χ1) is 17.3. The smallest absolute Gasteiger partial charge is 0.194 e. The second-order valence-electron chi connectivity index (χ2n) is 7.94. The number of rotatable bonds is 9. The van der Waals surface area contributed by atoms with Crippen molar-refractivity contribution in [2.45, 2.75) is 34.7 Å². The number of nitrogens with zero attached hydrogens (tertiary/aromatic N) is 4. The molecule has 14 heteroatoms. The van der Waals surface area contributed by atoms with Gasteiger partial charge in [0, 0.05) is 33.9 Å². The van der Waals surface area contributed by atoms with Crippen molar-refractivity contribution in [2.24, 2.45) is 0 Å². The molecular formula is C22H23BrF3N5O4S. The molecule has 4 rings (SSSR count). The molecule has 3 aromatic rings. The summed E-state index contributed by atoms with van der Waals surface area (Å²) in [6.45, 7) is 0.293. The van der Waals surface area contributed by atoms with Crippen LogP contribution in [-0.2, 0) is 9.47 Å². The maximum Gasteiger partial charge on any atom is 0.194 e. The topological polar surface area (TPSA) is 115 Å². The summed E-state index contributed by atoms with van der Waals surface area (Å²) < 4.78 is 55.1. The van der Waals surface area contributed by atoms with Crippen LogP contribution in [0.25, 0.3) is 11.3 Å². The van der Waals surface area contributed by atoms with E-state index in [1.165, 1.54) is 22.6 Å². The van der Waals surface area contributed by atoms with Gasteiger partial charge in [-0.2, -0.15) is 0 Å². The van der Waals surface area contributed by atoms with E-state index in [9.17, 15) is 23.4 Å². The lowest BCUT2D eigenvalue weighted by atomic mass is 9.97. The Balaban J connectivity index is 1.69. The number of thioether (sulfide) groups is 1. The van der Waals surface area contributed by atoms with Gasteiger partial charge in [0.2, 0.25) is 0 Å². The lowest BCUT2D eigenvalue weighted by molar-refractivity contribution is -0.192. The number of aliphatic hydroxyl groups is 2. The van der Waals surface area contributed by atoms with Crippen molar-refractivity contribution in [1.29, 1.82) is 0 Å². The number of ether oxygens (including phenoxy) is 2. The molecule has 1 aliphatic heterocycles. The molecule has 2 aromatic heterocycles. The number of hydrogen-bond acceptors (Lipinski definition) is 9. The van der Waals surface area contributed by atoms with Gasteiger partial charge in [-0.15, -0.1) is 5.10 Å². The summed E-state index contributed by atoms with van der Waals surface area (Å²) in [5.74, 6) is -4.31. The minimum atomic E-state index is -1.59. The monoisotopic (exact) mass is 589 g/mol. The standard InChI is InChI=1S/C22H23BrF3N5O4S/c1-27-2-3-34-21-19(31-9-16(29-30-31)11-4-14(24)18(26)15(25)5-11)20(33)17(10-32)35-22(21)36-13-6-12(23)7-28-8-13/h4-9,17,19-22,27,32-33H,2-3,10H2,1H3/t17?,19?,20-,21-,22+/m0/s1. The average Bonchev–Trinajstić information content (AvgIpc) is 3.33. The number of likely N-dealkylation sites (N-methyl/N-ethyl adjacent to an activating group) is 1. The molecule has 5 atom stereocenters. The van der Waals surface area contributed by atoms with Crippen molar-refractivity contribution in [2.75, 3.05) is 26.8 Å². The van der Waals surface area contributed by atoms with Crippen molar-refractivity contribution in [3.63, 3.8) is 0 Å². The van der Waals surface area contributed by atoms with Gasteiger partial charge in [0.25, 0.3) is 0 Å². The summed E-state index contributed by atoms with van der Waals surface area (Å²) in [7, 11) is 1.76. The molecule has 0 aliphatic carbocycles. The Morgan fingerprint density at radius 1 is 1.22 bits per heavy atom. The molecule has 0 amide bonds. The van der Waals surface area contributed by atoms with Crippen molar-refractivity contribution in [3.05, 3.63) is 58.7 Å². The normalized spacial score (nSPS) is 24.2. The summed E-state index contributed by atoms with van der Waals surface area (Å²) in [5, 5.41) is 32.0. The molecule has 0 spiro atoms. The number of aromatic nitrogens is 4. The summed E-state index contributed by atoms with van der Waals surface area (Å²) >= 11 is 4.67. The van der Waals surface area contributed by atoms with E-state index in [1.807, 2.05) is 6.07 Å². The molecular weight excluding hydrogens is 567 g/mol. The highest BCUT2D eigenvalue weighted by atomic mass is 79.9. The molecule has 0 radical (unpaired) electrons. The third-order valence-corrected chi connectivity index (χ3v) is 7.06. The van der Waals surface area contributed by atoms with E-state index < -0.39 is 53.8 Å². The molecule has 2 unspecified atom stereocenters. The van der Waals surface area contributed by atoms with E-state index >= 15 is 0 Å². The van der Waals surface area contributed by atoms with Crippen molar-refractivity contribution < 1.29 is 32.9 Å². The highest BCUT2D eigenvalue weighted by Gasteiger charge is 2.48. The highest BCUT2D eigenvalue weighted by molar-refractivity contribution is 9.10. The molecule has 1 saturated heterocycles. The van der Waals surface area contributed by atoms with Gasteiger partial charge in [-0.05, 0) is 41.2 Å². The molecule has 1 fully saturated rings. The lowest BCUT2D eigenvalue weighted by Gasteiger charge is -2.43. The van der Waals surface area contributed by atoms with Gasteiger partial charge in [-0.1, -0.05) is 17.0 Å². The van der Waals surface area contributed by atoms with Crippen LogP contribution < -0.4 is 5.32 Å². The van der Waals surface area contributed by atoms with Gasteiger partial charge in [-0.3, -0.25) is 4.98 Å². The zero-order chi connectivity index (χ0) is 25.8. The van der Waals surface area contributed by atoms with Gasteiger partial charge >= 0.3 is 0 Å². The molecule has 3 heterocycles. The van der Waals surface area contributed by atoms with Crippen LogP contribution in [0.3, 0.4) is 0 Å². The zero-order valence-electron chi connectivity index (χ0n) is 18.9.